The van der Waals surface area contributed by atoms with E-state index in [4.69, 9.17) is 16.3 Å². The van der Waals surface area contributed by atoms with E-state index < -0.39 is 0 Å². The fourth-order valence-electron chi connectivity index (χ4n) is 3.48. The van der Waals surface area contributed by atoms with Crippen molar-refractivity contribution in [3.05, 3.63) is 58.3 Å². The number of halogens is 2. The van der Waals surface area contributed by atoms with Gasteiger partial charge in [0, 0.05) is 29.6 Å². The van der Waals surface area contributed by atoms with Crippen LogP contribution in [0.1, 0.15) is 23.8 Å². The van der Waals surface area contributed by atoms with Gasteiger partial charge in [-0.3, -0.25) is 0 Å². The van der Waals surface area contributed by atoms with E-state index in [-0.39, 0.29) is 17.8 Å². The fourth-order valence-corrected chi connectivity index (χ4v) is 4.65. The molecule has 1 fully saturated rings. The maximum atomic E-state index is 14.1. The molecule has 1 aliphatic rings. The maximum absolute atomic E-state index is 14.1. The standard InChI is InChI=1S/C21H20ClFN4O2S/c1-29-18-9-8-14(22)11-17(18)24-21(28)27-10-4-5-13(12-27)19-25-26-20(30-19)15-6-2-3-7-16(15)23/h2-3,6-9,11,13H,4-5,10,12H2,1H3,(H,24,28)/t13-/m1/s1. The van der Waals surface area contributed by atoms with E-state index in [1.54, 1.807) is 48.4 Å². The van der Waals surface area contributed by atoms with Crippen molar-refractivity contribution in [2.24, 2.45) is 0 Å². The minimum Gasteiger partial charge on any atom is -0.495 e. The van der Waals surface area contributed by atoms with Crippen molar-refractivity contribution in [1.82, 2.24) is 15.1 Å². The summed E-state index contributed by atoms with van der Waals surface area (Å²) >= 11 is 7.42. The first kappa shape index (κ1) is 20.6. The van der Waals surface area contributed by atoms with E-state index in [9.17, 15) is 9.18 Å². The lowest BCUT2D eigenvalue weighted by Crippen LogP contribution is -2.41. The molecule has 0 radical (unpaired) electrons. The first-order chi connectivity index (χ1) is 14.5. The molecule has 6 nitrogen and oxygen atoms in total. The summed E-state index contributed by atoms with van der Waals surface area (Å²) in [6.07, 6.45) is 1.75. The second kappa shape index (κ2) is 8.97. The summed E-state index contributed by atoms with van der Waals surface area (Å²) in [6, 6.07) is 11.4. The number of aromatic nitrogens is 2. The van der Waals surface area contributed by atoms with Crippen LogP contribution in [0.3, 0.4) is 0 Å². The number of urea groups is 1. The highest BCUT2D eigenvalue weighted by atomic mass is 35.5. The minimum absolute atomic E-state index is 0.0591. The molecule has 2 aromatic carbocycles. The second-order valence-electron chi connectivity index (χ2n) is 6.99. The summed E-state index contributed by atoms with van der Waals surface area (Å²) in [4.78, 5) is 14.6. The molecule has 1 N–H and O–H groups in total. The molecule has 9 heteroatoms. The summed E-state index contributed by atoms with van der Waals surface area (Å²) in [5.74, 6) is 0.282. The van der Waals surface area contributed by atoms with Crippen LogP contribution in [0.4, 0.5) is 14.9 Å². The van der Waals surface area contributed by atoms with Gasteiger partial charge in [-0.25, -0.2) is 9.18 Å². The van der Waals surface area contributed by atoms with Gasteiger partial charge < -0.3 is 15.0 Å². The third-order valence-corrected chi connectivity index (χ3v) is 6.36. The van der Waals surface area contributed by atoms with Gasteiger partial charge in [0.05, 0.1) is 12.8 Å². The van der Waals surface area contributed by atoms with Crippen LogP contribution < -0.4 is 10.1 Å². The summed E-state index contributed by atoms with van der Waals surface area (Å²) in [7, 11) is 1.54. The first-order valence-corrected chi connectivity index (χ1v) is 10.7. The summed E-state index contributed by atoms with van der Waals surface area (Å²) < 4.78 is 19.3. The molecule has 4 rings (SSSR count). The van der Waals surface area contributed by atoms with Crippen molar-refractivity contribution in [3.8, 4) is 16.3 Å². The molecule has 0 unspecified atom stereocenters. The Morgan fingerprint density at radius 1 is 1.30 bits per heavy atom. The number of benzene rings is 2. The van der Waals surface area contributed by atoms with E-state index in [0.717, 1.165) is 17.8 Å². The Kier molecular flexibility index (Phi) is 6.15. The Morgan fingerprint density at radius 2 is 2.13 bits per heavy atom. The zero-order valence-electron chi connectivity index (χ0n) is 16.3. The van der Waals surface area contributed by atoms with Gasteiger partial charge in [0.25, 0.3) is 0 Å². The highest BCUT2D eigenvalue weighted by Crippen LogP contribution is 2.34. The first-order valence-electron chi connectivity index (χ1n) is 9.53. The number of carbonyl (C=O) groups is 1. The molecule has 1 aliphatic heterocycles. The van der Waals surface area contributed by atoms with E-state index in [1.165, 1.54) is 17.4 Å². The molecule has 0 spiro atoms. The van der Waals surface area contributed by atoms with Crippen molar-refractivity contribution in [1.29, 1.82) is 0 Å². The molecule has 0 saturated carbocycles. The van der Waals surface area contributed by atoms with Crippen LogP contribution in [0.15, 0.2) is 42.5 Å². The van der Waals surface area contributed by atoms with Gasteiger partial charge in [-0.05, 0) is 43.2 Å². The molecule has 0 aliphatic carbocycles. The maximum Gasteiger partial charge on any atom is 0.321 e. The lowest BCUT2D eigenvalue weighted by molar-refractivity contribution is 0.192. The van der Waals surface area contributed by atoms with Crippen LogP contribution in [-0.2, 0) is 0 Å². The zero-order valence-corrected chi connectivity index (χ0v) is 17.8. The minimum atomic E-state index is -0.319. The number of nitrogens with one attached hydrogen (secondary N) is 1. The van der Waals surface area contributed by atoms with Crippen molar-refractivity contribution in [3.63, 3.8) is 0 Å². The Bertz CT molecular complexity index is 1060. The Balaban J connectivity index is 1.47. The molecular formula is C21H20ClFN4O2S. The zero-order chi connectivity index (χ0) is 21.1. The normalized spacial score (nSPS) is 16.4. The monoisotopic (exact) mass is 446 g/mol. The molecule has 1 saturated heterocycles. The van der Waals surface area contributed by atoms with Crippen LogP contribution >= 0.6 is 22.9 Å². The Labute approximate surface area is 182 Å². The quantitative estimate of drug-likeness (QED) is 0.581. The molecule has 30 heavy (non-hydrogen) atoms. The van der Waals surface area contributed by atoms with E-state index in [1.807, 2.05) is 0 Å². The predicted molar refractivity (Wildman–Crippen MR) is 116 cm³/mol. The van der Waals surface area contributed by atoms with Gasteiger partial charge in [-0.1, -0.05) is 35.1 Å². The number of ether oxygens (including phenoxy) is 1. The molecule has 3 aromatic rings. The number of rotatable bonds is 4. The van der Waals surface area contributed by atoms with Crippen LogP contribution in [0.2, 0.25) is 5.02 Å². The fraction of sp³-hybridized carbons (Fsp3) is 0.286. The summed E-state index contributed by atoms with van der Waals surface area (Å²) in [5, 5.41) is 13.2. The molecule has 156 valence electrons. The molecule has 2 heterocycles. The topological polar surface area (TPSA) is 67.3 Å². The van der Waals surface area contributed by atoms with Crippen molar-refractivity contribution >= 4 is 34.7 Å². The van der Waals surface area contributed by atoms with Gasteiger partial charge in [0.1, 0.15) is 16.6 Å². The van der Waals surface area contributed by atoms with E-state index in [0.29, 0.717) is 40.1 Å². The smallest absolute Gasteiger partial charge is 0.321 e. The molecule has 1 aromatic heterocycles. The van der Waals surface area contributed by atoms with Gasteiger partial charge >= 0.3 is 6.03 Å². The molecule has 0 bridgehead atoms. The van der Waals surface area contributed by atoms with Crippen molar-refractivity contribution in [2.75, 3.05) is 25.5 Å². The summed E-state index contributed by atoms with van der Waals surface area (Å²) in [5.41, 5.74) is 0.967. The second-order valence-corrected chi connectivity index (χ2v) is 8.43. The predicted octanol–water partition coefficient (Wildman–Crippen LogP) is 5.42. The number of hydrogen-bond donors (Lipinski definition) is 1. The number of piperidine rings is 1. The Morgan fingerprint density at radius 3 is 2.93 bits per heavy atom. The van der Waals surface area contributed by atoms with E-state index in [2.05, 4.69) is 15.5 Å². The number of methoxy groups -OCH3 is 1. The largest absolute Gasteiger partial charge is 0.495 e. The highest BCUT2D eigenvalue weighted by molar-refractivity contribution is 7.14. The Hall–Kier alpha value is -2.71. The average molecular weight is 447 g/mol. The number of likely N-dealkylation sites (tertiary alicyclic amines) is 1. The van der Waals surface area contributed by atoms with Crippen LogP contribution in [0, 0.1) is 5.82 Å². The lowest BCUT2D eigenvalue weighted by atomic mass is 9.99. The highest BCUT2D eigenvalue weighted by Gasteiger charge is 2.28. The molecular weight excluding hydrogens is 427 g/mol. The third kappa shape index (κ3) is 4.39. The molecule has 1 atom stereocenters. The van der Waals surface area contributed by atoms with Gasteiger partial charge in [-0.2, -0.15) is 0 Å². The van der Waals surface area contributed by atoms with Gasteiger partial charge in [0.15, 0.2) is 5.01 Å². The number of anilines is 1. The number of nitrogens with zero attached hydrogens (tertiary/aromatic N) is 3. The van der Waals surface area contributed by atoms with Crippen molar-refractivity contribution in [2.45, 2.75) is 18.8 Å². The number of amides is 2. The number of hydrogen-bond acceptors (Lipinski definition) is 5. The average Bonchev–Trinajstić information content (AvgIpc) is 3.24. The van der Waals surface area contributed by atoms with Crippen LogP contribution in [-0.4, -0.2) is 41.3 Å². The van der Waals surface area contributed by atoms with Crippen LogP contribution in [0.5, 0.6) is 5.75 Å². The van der Waals surface area contributed by atoms with E-state index >= 15 is 0 Å². The third-order valence-electron chi connectivity index (χ3n) is 5.01. The summed E-state index contributed by atoms with van der Waals surface area (Å²) in [6.45, 7) is 1.16. The van der Waals surface area contributed by atoms with Gasteiger partial charge in [-0.15, -0.1) is 10.2 Å². The SMILES string of the molecule is COc1ccc(Cl)cc1NC(=O)N1CCC[C@@H](c2nnc(-c3ccccc3F)s2)C1. The van der Waals surface area contributed by atoms with Gasteiger partial charge in [0.2, 0.25) is 0 Å². The lowest BCUT2D eigenvalue weighted by Gasteiger charge is -2.31. The number of carbonyl (C=O) groups excluding carboxylic acids is 1. The van der Waals surface area contributed by atoms with Crippen LogP contribution in [0.25, 0.3) is 10.6 Å². The van der Waals surface area contributed by atoms with Crippen molar-refractivity contribution < 1.29 is 13.9 Å². The molecule has 2 amide bonds.